The summed E-state index contributed by atoms with van der Waals surface area (Å²) in [4.78, 5) is 26.6. The first-order chi connectivity index (χ1) is 10.1. The van der Waals surface area contributed by atoms with Crippen molar-refractivity contribution in [3.8, 4) is 0 Å². The topological polar surface area (TPSA) is 102 Å². The van der Waals surface area contributed by atoms with Gasteiger partial charge in [-0.15, -0.1) is 0 Å². The molecular weight excluding hydrogens is 278 g/mol. The number of aliphatic hydroxyl groups excluding tert-OH is 1. The molecule has 2 rings (SSSR count). The molecular formula is C13H23N3O5. The second-order valence-corrected chi connectivity index (χ2v) is 5.40. The van der Waals surface area contributed by atoms with E-state index in [4.69, 9.17) is 14.9 Å². The Morgan fingerprint density at radius 1 is 1.19 bits per heavy atom. The third-order valence-electron chi connectivity index (χ3n) is 3.94. The van der Waals surface area contributed by atoms with Crippen LogP contribution in [-0.2, 0) is 9.53 Å². The molecule has 0 aromatic rings. The molecule has 3 N–H and O–H groups in total. The second-order valence-electron chi connectivity index (χ2n) is 5.40. The van der Waals surface area contributed by atoms with Gasteiger partial charge in [-0.3, -0.25) is 4.90 Å². The lowest BCUT2D eigenvalue weighted by Crippen LogP contribution is -2.53. The van der Waals surface area contributed by atoms with Crippen molar-refractivity contribution in [2.45, 2.75) is 25.0 Å². The van der Waals surface area contributed by atoms with Gasteiger partial charge >= 0.3 is 12.0 Å². The molecule has 0 aromatic heterocycles. The number of amides is 2. The Kier molecular flexibility index (Phi) is 5.77. The van der Waals surface area contributed by atoms with Crippen molar-refractivity contribution in [1.29, 1.82) is 0 Å². The summed E-state index contributed by atoms with van der Waals surface area (Å²) < 4.78 is 5.34. The van der Waals surface area contributed by atoms with Crippen molar-refractivity contribution in [2.75, 3.05) is 45.9 Å². The van der Waals surface area contributed by atoms with Gasteiger partial charge in [-0.1, -0.05) is 0 Å². The number of rotatable bonds is 5. The smallest absolute Gasteiger partial charge is 0.332 e. The van der Waals surface area contributed by atoms with Crippen LogP contribution >= 0.6 is 0 Å². The van der Waals surface area contributed by atoms with Gasteiger partial charge in [0.25, 0.3) is 0 Å². The Morgan fingerprint density at radius 2 is 1.90 bits per heavy atom. The molecule has 8 heteroatoms. The molecule has 2 atom stereocenters. The Labute approximate surface area is 123 Å². The maximum atomic E-state index is 12.0. The number of nitrogens with one attached hydrogen (secondary N) is 1. The average Bonchev–Trinajstić information content (AvgIpc) is 2.95. The first-order valence-corrected chi connectivity index (χ1v) is 7.34. The zero-order valence-corrected chi connectivity index (χ0v) is 12.0. The molecule has 0 radical (unpaired) electrons. The first kappa shape index (κ1) is 16.0. The zero-order chi connectivity index (χ0) is 15.2. The van der Waals surface area contributed by atoms with Crippen LogP contribution < -0.4 is 5.32 Å². The lowest BCUT2D eigenvalue weighted by Gasteiger charge is -2.34. The van der Waals surface area contributed by atoms with Crippen molar-refractivity contribution >= 4 is 12.0 Å². The van der Waals surface area contributed by atoms with E-state index in [1.165, 1.54) is 0 Å². The Hall–Kier alpha value is -1.38. The predicted octanol–water partition coefficient (Wildman–Crippen LogP) is -1.06. The molecule has 8 nitrogen and oxygen atoms in total. The summed E-state index contributed by atoms with van der Waals surface area (Å²) in [5, 5.41) is 20.5. The van der Waals surface area contributed by atoms with Gasteiger partial charge in [0.2, 0.25) is 0 Å². The summed E-state index contributed by atoms with van der Waals surface area (Å²) in [7, 11) is 0. The number of hydrogen-bond acceptors (Lipinski definition) is 5. The molecule has 21 heavy (non-hydrogen) atoms. The van der Waals surface area contributed by atoms with Crippen LogP contribution in [0.2, 0.25) is 0 Å². The number of carboxylic acid groups (broad SMARTS) is 1. The number of aliphatic hydroxyl groups is 1. The standard InChI is InChI=1S/C13H23N3O5/c17-8-7-15-3-5-16(6-4-15)13(20)14-9-10-1-2-11(21-10)12(18)19/h10-11,17H,1-9H2,(H,14,20)(H,18,19). The van der Waals surface area contributed by atoms with Crippen molar-refractivity contribution in [3.63, 3.8) is 0 Å². The Balaban J connectivity index is 1.65. The number of hydrogen-bond donors (Lipinski definition) is 3. The minimum absolute atomic E-state index is 0.135. The lowest BCUT2D eigenvalue weighted by molar-refractivity contribution is -0.149. The van der Waals surface area contributed by atoms with Crippen molar-refractivity contribution in [2.24, 2.45) is 0 Å². The van der Waals surface area contributed by atoms with Gasteiger partial charge in [-0.05, 0) is 12.8 Å². The maximum Gasteiger partial charge on any atom is 0.332 e. The number of urea groups is 1. The average molecular weight is 301 g/mol. The molecule has 2 unspecified atom stereocenters. The molecule has 2 saturated heterocycles. The molecule has 2 amide bonds. The van der Waals surface area contributed by atoms with Gasteiger partial charge in [0.15, 0.2) is 6.10 Å². The van der Waals surface area contributed by atoms with E-state index in [0.29, 0.717) is 39.0 Å². The number of carbonyl (C=O) groups excluding carboxylic acids is 1. The molecule has 0 aromatic carbocycles. The van der Waals surface area contributed by atoms with E-state index >= 15 is 0 Å². The molecule has 2 heterocycles. The van der Waals surface area contributed by atoms with E-state index in [1.807, 2.05) is 0 Å². The molecule has 2 aliphatic heterocycles. The van der Waals surface area contributed by atoms with E-state index < -0.39 is 12.1 Å². The number of nitrogens with zero attached hydrogens (tertiary/aromatic N) is 2. The summed E-state index contributed by atoms with van der Waals surface area (Å²) in [6.45, 7) is 3.91. The highest BCUT2D eigenvalue weighted by atomic mass is 16.5. The number of carbonyl (C=O) groups is 2. The van der Waals surface area contributed by atoms with Crippen LogP contribution in [0.5, 0.6) is 0 Å². The van der Waals surface area contributed by atoms with Crippen LogP contribution in [0.25, 0.3) is 0 Å². The predicted molar refractivity (Wildman–Crippen MR) is 74.0 cm³/mol. The summed E-state index contributed by atoms with van der Waals surface area (Å²) in [6, 6.07) is -0.138. The normalized spacial score (nSPS) is 26.8. The second kappa shape index (κ2) is 7.58. The quantitative estimate of drug-likeness (QED) is 0.598. The van der Waals surface area contributed by atoms with Crippen LogP contribution in [0.4, 0.5) is 4.79 Å². The summed E-state index contributed by atoms with van der Waals surface area (Å²) in [5.41, 5.74) is 0. The van der Waals surface area contributed by atoms with Gasteiger partial charge in [0.05, 0.1) is 12.7 Å². The van der Waals surface area contributed by atoms with Gasteiger partial charge < -0.3 is 25.2 Å². The fraction of sp³-hybridized carbons (Fsp3) is 0.846. The zero-order valence-electron chi connectivity index (χ0n) is 12.0. The van der Waals surface area contributed by atoms with Crippen LogP contribution in [0, 0.1) is 0 Å². The van der Waals surface area contributed by atoms with E-state index in [0.717, 1.165) is 13.1 Å². The van der Waals surface area contributed by atoms with E-state index in [9.17, 15) is 9.59 Å². The molecule has 0 spiro atoms. The van der Waals surface area contributed by atoms with Crippen LogP contribution in [0.1, 0.15) is 12.8 Å². The number of β-amino-alcohol motifs (C(OH)–C–C–N with tert-alkyl or cyclic N) is 1. The Morgan fingerprint density at radius 3 is 2.48 bits per heavy atom. The van der Waals surface area contributed by atoms with E-state index in [2.05, 4.69) is 10.2 Å². The van der Waals surface area contributed by atoms with Crippen LogP contribution in [-0.4, -0.2) is 90.1 Å². The highest BCUT2D eigenvalue weighted by molar-refractivity contribution is 5.74. The number of piperazine rings is 1. The van der Waals surface area contributed by atoms with Crippen LogP contribution in [0.15, 0.2) is 0 Å². The lowest BCUT2D eigenvalue weighted by atomic mass is 10.2. The number of carboxylic acids is 1. The number of ether oxygens (including phenoxy) is 1. The summed E-state index contributed by atoms with van der Waals surface area (Å²) in [5.74, 6) is -0.941. The van der Waals surface area contributed by atoms with E-state index in [-0.39, 0.29) is 18.7 Å². The maximum absolute atomic E-state index is 12.0. The van der Waals surface area contributed by atoms with Crippen molar-refractivity contribution in [1.82, 2.24) is 15.1 Å². The van der Waals surface area contributed by atoms with Crippen molar-refractivity contribution in [3.05, 3.63) is 0 Å². The largest absolute Gasteiger partial charge is 0.479 e. The number of aliphatic carboxylic acids is 1. The molecule has 0 aliphatic carbocycles. The highest BCUT2D eigenvalue weighted by Crippen LogP contribution is 2.19. The summed E-state index contributed by atoms with van der Waals surface area (Å²) >= 11 is 0. The molecule has 120 valence electrons. The summed E-state index contributed by atoms with van der Waals surface area (Å²) in [6.07, 6.45) is 0.191. The first-order valence-electron chi connectivity index (χ1n) is 7.34. The fourth-order valence-corrected chi connectivity index (χ4v) is 2.67. The SMILES string of the molecule is O=C(O)C1CCC(CNC(=O)N2CCN(CCO)CC2)O1. The molecule has 0 bridgehead atoms. The third-order valence-corrected chi connectivity index (χ3v) is 3.94. The van der Waals surface area contributed by atoms with Crippen LogP contribution in [0.3, 0.4) is 0 Å². The molecule has 2 aliphatic rings. The van der Waals surface area contributed by atoms with Gasteiger partial charge in [0, 0.05) is 39.3 Å². The molecule has 0 saturated carbocycles. The molecule has 2 fully saturated rings. The van der Waals surface area contributed by atoms with E-state index in [1.54, 1.807) is 4.90 Å². The van der Waals surface area contributed by atoms with Crippen molar-refractivity contribution < 1.29 is 24.5 Å². The third kappa shape index (κ3) is 4.55. The monoisotopic (exact) mass is 301 g/mol. The Bertz CT molecular complexity index is 371. The highest BCUT2D eigenvalue weighted by Gasteiger charge is 2.31. The van der Waals surface area contributed by atoms with Gasteiger partial charge in [0.1, 0.15) is 0 Å². The minimum Gasteiger partial charge on any atom is -0.479 e. The fourth-order valence-electron chi connectivity index (χ4n) is 2.67. The van der Waals surface area contributed by atoms with Gasteiger partial charge in [-0.25, -0.2) is 9.59 Å². The van der Waals surface area contributed by atoms with Gasteiger partial charge in [-0.2, -0.15) is 0 Å². The minimum atomic E-state index is -0.941.